The molecule has 0 aliphatic heterocycles. The number of rotatable bonds is 10. The first-order valence-electron chi connectivity index (χ1n) is 17.2. The molecule has 296 valence electrons. The average Bonchev–Trinajstić information content (AvgIpc) is 3.68. The van der Waals surface area contributed by atoms with Crippen LogP contribution >= 0.6 is 11.6 Å². The summed E-state index contributed by atoms with van der Waals surface area (Å²) in [6, 6.07) is 7.85. The van der Waals surface area contributed by atoms with E-state index in [4.69, 9.17) is 16.6 Å². The third-order valence-corrected chi connectivity index (χ3v) is 9.83. The number of nitrogens with one attached hydrogen (secondary N) is 2. The van der Waals surface area contributed by atoms with E-state index in [0.717, 1.165) is 18.4 Å². The number of sulfonamides is 1. The van der Waals surface area contributed by atoms with Gasteiger partial charge in [0.05, 0.1) is 33.9 Å². The second kappa shape index (κ2) is 14.8. The predicted octanol–water partition coefficient (Wildman–Crippen LogP) is 8.17. The van der Waals surface area contributed by atoms with E-state index in [-0.39, 0.29) is 45.2 Å². The molecule has 5 aromatic rings. The summed E-state index contributed by atoms with van der Waals surface area (Å²) in [5, 5.41) is 11.2. The summed E-state index contributed by atoms with van der Waals surface area (Å²) in [6.45, 7) is 6.10. The minimum atomic E-state index is -3.81. The summed E-state index contributed by atoms with van der Waals surface area (Å²) >= 11 is 6.59. The number of hydrogen-bond acceptors (Lipinski definition) is 6. The summed E-state index contributed by atoms with van der Waals surface area (Å²) in [5.74, 6) is -1.26. The van der Waals surface area contributed by atoms with Gasteiger partial charge in [-0.3, -0.25) is 18.9 Å². The summed E-state index contributed by atoms with van der Waals surface area (Å²) in [7, 11) is -2.26. The number of fused-ring (bicyclic) bond motifs is 2. The lowest BCUT2D eigenvalue weighted by Crippen LogP contribution is -2.35. The third kappa shape index (κ3) is 8.51. The van der Waals surface area contributed by atoms with Gasteiger partial charge in [-0.15, -0.1) is 0 Å². The SMILES string of the molecule is CC1CC(F)(F)c2c1c(C(F)F)nn2CC(=O)NC(Cc1cc(F)cc(F)c1)c1nc(C#CC(C)(C)C)ccc1-c1ccc(Cl)c2c(NS(C)(=O)=O)nn(C)c12. The molecule has 2 N–H and O–H groups in total. The molecule has 10 nitrogen and oxygen atoms in total. The van der Waals surface area contributed by atoms with Crippen molar-refractivity contribution in [1.29, 1.82) is 0 Å². The second-order valence-corrected chi connectivity index (χ2v) is 17.0. The Labute approximate surface area is 323 Å². The van der Waals surface area contributed by atoms with E-state index in [2.05, 4.69) is 32.1 Å². The summed E-state index contributed by atoms with van der Waals surface area (Å²) in [4.78, 5) is 18.7. The lowest BCUT2D eigenvalue weighted by atomic mass is 9.93. The van der Waals surface area contributed by atoms with Crippen LogP contribution in [0.25, 0.3) is 22.0 Å². The van der Waals surface area contributed by atoms with E-state index in [9.17, 15) is 30.8 Å². The van der Waals surface area contributed by atoms with Gasteiger partial charge in [0.2, 0.25) is 15.9 Å². The van der Waals surface area contributed by atoms with Crippen LogP contribution in [0.5, 0.6) is 0 Å². The molecule has 0 saturated heterocycles. The first-order chi connectivity index (χ1) is 26.0. The Bertz CT molecular complexity index is 2540. The summed E-state index contributed by atoms with van der Waals surface area (Å²) < 4.78 is 116. The molecule has 0 spiro atoms. The average molecular weight is 820 g/mol. The molecule has 1 aliphatic carbocycles. The maximum Gasteiger partial charge on any atom is 0.290 e. The first-order valence-corrected chi connectivity index (χ1v) is 19.5. The quantitative estimate of drug-likeness (QED) is 0.108. The first kappa shape index (κ1) is 40.6. The zero-order valence-corrected chi connectivity index (χ0v) is 32.5. The van der Waals surface area contributed by atoms with Gasteiger partial charge >= 0.3 is 0 Å². The van der Waals surface area contributed by atoms with Crippen LogP contribution in [0.3, 0.4) is 0 Å². The number of benzene rings is 2. The van der Waals surface area contributed by atoms with Crippen molar-refractivity contribution in [1.82, 2.24) is 29.9 Å². The highest BCUT2D eigenvalue weighted by Crippen LogP contribution is 2.51. The number of hydrogen-bond donors (Lipinski definition) is 2. The molecule has 0 saturated carbocycles. The van der Waals surface area contributed by atoms with Gasteiger partial charge in [-0.1, -0.05) is 30.5 Å². The fraction of sp³-hybridized carbons (Fsp3) is 0.368. The molecule has 0 fully saturated rings. The minimum absolute atomic E-state index is 0.0693. The maximum atomic E-state index is 15.2. The van der Waals surface area contributed by atoms with Crippen molar-refractivity contribution < 1.29 is 39.6 Å². The number of aryl methyl sites for hydroxylation is 1. The molecule has 2 aromatic carbocycles. The van der Waals surface area contributed by atoms with Gasteiger partial charge in [0.15, 0.2) is 5.82 Å². The van der Waals surface area contributed by atoms with Crippen LogP contribution < -0.4 is 10.0 Å². The lowest BCUT2D eigenvalue weighted by molar-refractivity contribution is -0.122. The molecule has 0 radical (unpaired) electrons. The van der Waals surface area contributed by atoms with Crippen LogP contribution in [0.1, 0.15) is 86.4 Å². The van der Waals surface area contributed by atoms with E-state index >= 15 is 8.78 Å². The highest BCUT2D eigenvalue weighted by molar-refractivity contribution is 7.92. The van der Waals surface area contributed by atoms with E-state index in [1.807, 2.05) is 20.8 Å². The Kier molecular flexibility index (Phi) is 10.7. The molecule has 0 bridgehead atoms. The molecular formula is C38H36ClF6N7O3S. The van der Waals surface area contributed by atoms with Crippen molar-refractivity contribution in [3.8, 4) is 23.0 Å². The predicted molar refractivity (Wildman–Crippen MR) is 199 cm³/mol. The number of alkyl halides is 4. The van der Waals surface area contributed by atoms with E-state index in [1.54, 1.807) is 25.2 Å². The maximum absolute atomic E-state index is 15.2. The van der Waals surface area contributed by atoms with Crippen LogP contribution in [-0.4, -0.2) is 45.1 Å². The number of carbonyl (C=O) groups excluding carboxylic acids is 1. The second-order valence-electron chi connectivity index (χ2n) is 14.8. The highest BCUT2D eigenvalue weighted by atomic mass is 35.5. The summed E-state index contributed by atoms with van der Waals surface area (Å²) in [6.07, 6.45) is -3.27. The molecular weight excluding hydrogens is 784 g/mol. The smallest absolute Gasteiger partial charge is 0.290 e. The molecule has 2 unspecified atom stereocenters. The summed E-state index contributed by atoms with van der Waals surface area (Å²) in [5.41, 5.74) is -0.935. The van der Waals surface area contributed by atoms with Gasteiger partial charge in [-0.2, -0.15) is 19.0 Å². The van der Waals surface area contributed by atoms with Crippen molar-refractivity contribution in [3.63, 3.8) is 0 Å². The Balaban J connectivity index is 1.54. The molecule has 18 heteroatoms. The van der Waals surface area contributed by atoms with Crippen LogP contribution in [0.15, 0.2) is 42.5 Å². The van der Waals surface area contributed by atoms with Crippen molar-refractivity contribution in [2.24, 2.45) is 12.5 Å². The van der Waals surface area contributed by atoms with Gasteiger partial charge in [0.25, 0.3) is 12.3 Å². The van der Waals surface area contributed by atoms with Crippen LogP contribution in [0.2, 0.25) is 5.02 Å². The van der Waals surface area contributed by atoms with Gasteiger partial charge in [0, 0.05) is 41.6 Å². The Hall–Kier alpha value is -5.08. The monoisotopic (exact) mass is 819 g/mol. The fourth-order valence-electron chi connectivity index (χ4n) is 6.91. The number of aromatic nitrogens is 5. The molecule has 6 rings (SSSR count). The van der Waals surface area contributed by atoms with Crippen molar-refractivity contribution in [2.75, 3.05) is 11.0 Å². The minimum Gasteiger partial charge on any atom is -0.346 e. The van der Waals surface area contributed by atoms with E-state index in [1.165, 1.54) is 17.7 Å². The number of nitrogens with zero attached hydrogens (tertiary/aromatic N) is 5. The topological polar surface area (TPSA) is 124 Å². The van der Waals surface area contributed by atoms with Crippen molar-refractivity contribution >= 4 is 44.3 Å². The fourth-order valence-corrected chi connectivity index (χ4v) is 7.65. The number of carbonyl (C=O) groups is 1. The van der Waals surface area contributed by atoms with Crippen molar-refractivity contribution in [2.45, 2.75) is 71.4 Å². The van der Waals surface area contributed by atoms with Gasteiger partial charge < -0.3 is 5.32 Å². The van der Waals surface area contributed by atoms with Crippen molar-refractivity contribution in [3.05, 3.63) is 93.0 Å². The Morgan fingerprint density at radius 2 is 1.71 bits per heavy atom. The highest BCUT2D eigenvalue weighted by Gasteiger charge is 2.50. The molecule has 3 aromatic heterocycles. The number of pyridine rings is 1. The standard InChI is InChI=1S/C38H36ClF6N7O3S/c1-19-17-38(44,45)34-29(19)32(35(42)43)48-52(34)18-28(53)47-27(15-20-13-21(40)16-22(41)14-20)31-24(8-7-23(46-31)11-12-37(2,3)4)25-9-10-26(39)30-33(25)51(5)49-36(30)50-56(6,54)55/h7-10,13-14,16,19,27,35H,15,17-18H2,1-6H3,(H,47,53)(H,49,50). The van der Waals surface area contributed by atoms with E-state index in [0.29, 0.717) is 27.4 Å². The van der Waals surface area contributed by atoms with Crippen LogP contribution in [0.4, 0.5) is 32.2 Å². The largest absolute Gasteiger partial charge is 0.346 e. The van der Waals surface area contributed by atoms with Crippen LogP contribution in [0, 0.1) is 28.9 Å². The molecule has 1 aliphatic rings. The molecule has 1 amide bonds. The number of anilines is 1. The number of halogens is 7. The molecule has 3 heterocycles. The molecule has 2 atom stereocenters. The van der Waals surface area contributed by atoms with Gasteiger partial charge in [0.1, 0.15) is 35.3 Å². The molecule has 56 heavy (non-hydrogen) atoms. The zero-order valence-electron chi connectivity index (χ0n) is 30.9. The van der Waals surface area contributed by atoms with Gasteiger partial charge in [-0.25, -0.2) is 31.0 Å². The lowest BCUT2D eigenvalue weighted by Gasteiger charge is -2.23. The number of amides is 1. The third-order valence-electron chi connectivity index (χ3n) is 8.95. The van der Waals surface area contributed by atoms with E-state index < -0.39 is 81.6 Å². The van der Waals surface area contributed by atoms with Gasteiger partial charge in [-0.05, 0) is 74.9 Å². The normalized spacial score (nSPS) is 15.8. The van der Waals surface area contributed by atoms with Crippen LogP contribution in [-0.2, 0) is 40.8 Å². The Morgan fingerprint density at radius 3 is 2.34 bits per heavy atom. The zero-order chi connectivity index (χ0) is 41.1. The Morgan fingerprint density at radius 1 is 1.05 bits per heavy atom.